The number of rotatable bonds is 9. The summed E-state index contributed by atoms with van der Waals surface area (Å²) in [5.74, 6) is 1.81. The van der Waals surface area contributed by atoms with E-state index in [-0.39, 0.29) is 17.6 Å². The van der Waals surface area contributed by atoms with Crippen molar-refractivity contribution in [2.24, 2.45) is 5.92 Å². The number of carbonyl (C=O) groups excluding carboxylic acids is 1. The lowest BCUT2D eigenvalue weighted by atomic mass is 9.97. The van der Waals surface area contributed by atoms with E-state index < -0.39 is 10.0 Å². The van der Waals surface area contributed by atoms with Gasteiger partial charge in [-0.2, -0.15) is 0 Å². The highest BCUT2D eigenvalue weighted by molar-refractivity contribution is 7.88. The summed E-state index contributed by atoms with van der Waals surface area (Å²) in [7, 11) is -3.40. The van der Waals surface area contributed by atoms with Crippen LogP contribution in [0, 0.1) is 5.92 Å². The van der Waals surface area contributed by atoms with Crippen LogP contribution in [-0.4, -0.2) is 38.3 Å². The van der Waals surface area contributed by atoms with Crippen molar-refractivity contribution in [3.8, 4) is 17.2 Å². The molecule has 0 aromatic heterocycles. The monoisotopic (exact) mass is 494 g/mol. The average Bonchev–Trinajstić information content (AvgIpc) is 2.87. The van der Waals surface area contributed by atoms with Gasteiger partial charge < -0.3 is 14.8 Å². The third-order valence-electron chi connectivity index (χ3n) is 5.90. The van der Waals surface area contributed by atoms with Gasteiger partial charge in [-0.1, -0.05) is 30.3 Å². The Morgan fingerprint density at radius 2 is 1.46 bits per heavy atom. The number of amides is 1. The second-order valence-corrected chi connectivity index (χ2v) is 10.4. The van der Waals surface area contributed by atoms with Crippen LogP contribution in [-0.2, 0) is 20.6 Å². The molecule has 0 spiro atoms. The molecular weight excluding hydrogens is 464 g/mol. The minimum absolute atomic E-state index is 0.0181. The van der Waals surface area contributed by atoms with Crippen LogP contribution in [0.25, 0.3) is 0 Å². The second kappa shape index (κ2) is 11.4. The van der Waals surface area contributed by atoms with Gasteiger partial charge >= 0.3 is 0 Å². The molecule has 0 saturated carbocycles. The van der Waals surface area contributed by atoms with Crippen LogP contribution in [0.2, 0.25) is 0 Å². The van der Waals surface area contributed by atoms with Crippen LogP contribution in [0.4, 0.5) is 5.69 Å². The number of hydrogen-bond acceptors (Lipinski definition) is 5. The molecule has 1 amide bonds. The van der Waals surface area contributed by atoms with Gasteiger partial charge in [-0.15, -0.1) is 0 Å². The number of anilines is 1. The molecule has 0 aliphatic carbocycles. The molecule has 3 aromatic carbocycles. The summed E-state index contributed by atoms with van der Waals surface area (Å²) in [6.45, 7) is 3.25. The zero-order valence-electron chi connectivity index (χ0n) is 19.7. The molecular formula is C27H30N2O5S. The highest BCUT2D eigenvalue weighted by atomic mass is 32.2. The van der Waals surface area contributed by atoms with Crippen molar-refractivity contribution in [1.29, 1.82) is 0 Å². The molecule has 7 nitrogen and oxygen atoms in total. The highest BCUT2D eigenvalue weighted by Gasteiger charge is 2.31. The Hall–Kier alpha value is -3.36. The Balaban J connectivity index is 1.26. The number of carbonyl (C=O) groups is 1. The second-order valence-electron chi connectivity index (χ2n) is 8.44. The first-order valence-electron chi connectivity index (χ1n) is 11.8. The number of nitrogens with zero attached hydrogens (tertiary/aromatic N) is 1. The van der Waals surface area contributed by atoms with Gasteiger partial charge in [-0.3, -0.25) is 4.79 Å². The van der Waals surface area contributed by atoms with E-state index in [4.69, 9.17) is 9.47 Å². The summed E-state index contributed by atoms with van der Waals surface area (Å²) < 4.78 is 38.2. The molecule has 0 bridgehead atoms. The first-order chi connectivity index (χ1) is 16.9. The van der Waals surface area contributed by atoms with Gasteiger partial charge in [0.1, 0.15) is 17.2 Å². The molecule has 1 saturated heterocycles. The van der Waals surface area contributed by atoms with Crippen LogP contribution in [0.15, 0.2) is 78.9 Å². The van der Waals surface area contributed by atoms with E-state index in [1.54, 1.807) is 24.3 Å². The molecule has 0 radical (unpaired) electrons. The lowest BCUT2D eigenvalue weighted by Crippen LogP contribution is -2.41. The maximum absolute atomic E-state index is 12.8. The Morgan fingerprint density at radius 1 is 0.886 bits per heavy atom. The molecule has 184 valence electrons. The van der Waals surface area contributed by atoms with Gasteiger partial charge in [0.2, 0.25) is 15.9 Å². The topological polar surface area (TPSA) is 84.9 Å². The molecule has 0 atom stereocenters. The number of ether oxygens (including phenoxy) is 2. The van der Waals surface area contributed by atoms with Gasteiger partial charge in [0.15, 0.2) is 0 Å². The molecule has 1 aliphatic heterocycles. The van der Waals surface area contributed by atoms with Crippen molar-refractivity contribution < 1.29 is 22.7 Å². The molecule has 1 fully saturated rings. The van der Waals surface area contributed by atoms with Gasteiger partial charge in [-0.05, 0) is 73.9 Å². The van der Waals surface area contributed by atoms with Gasteiger partial charge in [0, 0.05) is 24.7 Å². The first kappa shape index (κ1) is 24.8. The normalized spacial score (nSPS) is 14.9. The number of piperidine rings is 1. The summed E-state index contributed by atoms with van der Waals surface area (Å²) in [5, 5.41) is 2.94. The van der Waals surface area contributed by atoms with Crippen molar-refractivity contribution in [3.63, 3.8) is 0 Å². The van der Waals surface area contributed by atoms with E-state index in [1.165, 1.54) is 4.31 Å². The fourth-order valence-corrected chi connectivity index (χ4v) is 5.59. The molecule has 35 heavy (non-hydrogen) atoms. The van der Waals surface area contributed by atoms with Crippen molar-refractivity contribution in [3.05, 3.63) is 84.4 Å². The SMILES string of the molecule is CCOc1ccc(Oc2ccc(NC(=O)C3CCN(S(=O)(=O)Cc4ccccc4)CC3)cc2)cc1. The number of sulfonamides is 1. The summed E-state index contributed by atoms with van der Waals surface area (Å²) in [5.41, 5.74) is 1.44. The van der Waals surface area contributed by atoms with E-state index in [1.807, 2.05) is 61.5 Å². The number of benzene rings is 3. The van der Waals surface area contributed by atoms with Crippen LogP contribution in [0.5, 0.6) is 17.2 Å². The van der Waals surface area contributed by atoms with Crippen molar-refractivity contribution in [2.75, 3.05) is 25.0 Å². The number of hydrogen-bond donors (Lipinski definition) is 1. The van der Waals surface area contributed by atoms with Crippen LogP contribution in [0.3, 0.4) is 0 Å². The van der Waals surface area contributed by atoms with Crippen LogP contribution < -0.4 is 14.8 Å². The fourth-order valence-electron chi connectivity index (χ4n) is 4.03. The molecule has 1 heterocycles. The lowest BCUT2D eigenvalue weighted by Gasteiger charge is -2.30. The third-order valence-corrected chi connectivity index (χ3v) is 7.75. The van der Waals surface area contributed by atoms with E-state index >= 15 is 0 Å². The average molecular weight is 495 g/mol. The van der Waals surface area contributed by atoms with Crippen molar-refractivity contribution in [1.82, 2.24) is 4.31 Å². The molecule has 4 rings (SSSR count). The quantitative estimate of drug-likeness (QED) is 0.450. The largest absolute Gasteiger partial charge is 0.494 e. The first-order valence-corrected chi connectivity index (χ1v) is 13.4. The van der Waals surface area contributed by atoms with E-state index in [0.29, 0.717) is 49.7 Å². The van der Waals surface area contributed by atoms with Crippen molar-refractivity contribution >= 4 is 21.6 Å². The Bertz CT molecular complexity index is 1200. The van der Waals surface area contributed by atoms with Gasteiger partial charge in [0.05, 0.1) is 12.4 Å². The van der Waals surface area contributed by atoms with Gasteiger partial charge in [-0.25, -0.2) is 12.7 Å². The Morgan fingerprint density at radius 3 is 2.06 bits per heavy atom. The van der Waals surface area contributed by atoms with Crippen LogP contribution >= 0.6 is 0 Å². The molecule has 1 N–H and O–H groups in total. The molecule has 0 unspecified atom stereocenters. The minimum atomic E-state index is -3.40. The molecule has 8 heteroatoms. The zero-order valence-corrected chi connectivity index (χ0v) is 20.5. The molecule has 3 aromatic rings. The Labute approximate surface area is 206 Å². The highest BCUT2D eigenvalue weighted by Crippen LogP contribution is 2.26. The molecule has 1 aliphatic rings. The maximum atomic E-state index is 12.8. The smallest absolute Gasteiger partial charge is 0.227 e. The zero-order chi connectivity index (χ0) is 24.7. The minimum Gasteiger partial charge on any atom is -0.494 e. The summed E-state index contributed by atoms with van der Waals surface area (Å²) in [6, 6.07) is 23.7. The predicted octanol–water partition coefficient (Wildman–Crippen LogP) is 5.06. The summed E-state index contributed by atoms with van der Waals surface area (Å²) in [4.78, 5) is 12.8. The fraction of sp³-hybridized carbons (Fsp3) is 0.296. The van der Waals surface area contributed by atoms with E-state index in [2.05, 4.69) is 5.32 Å². The lowest BCUT2D eigenvalue weighted by molar-refractivity contribution is -0.120. The van der Waals surface area contributed by atoms with Crippen LogP contribution in [0.1, 0.15) is 25.3 Å². The third kappa shape index (κ3) is 6.83. The maximum Gasteiger partial charge on any atom is 0.227 e. The van der Waals surface area contributed by atoms with Crippen molar-refractivity contribution in [2.45, 2.75) is 25.5 Å². The Kier molecular flexibility index (Phi) is 8.05. The summed E-state index contributed by atoms with van der Waals surface area (Å²) >= 11 is 0. The van der Waals surface area contributed by atoms with E-state index in [0.717, 1.165) is 11.3 Å². The predicted molar refractivity (Wildman–Crippen MR) is 136 cm³/mol. The van der Waals surface area contributed by atoms with Gasteiger partial charge in [0.25, 0.3) is 0 Å². The standard InChI is InChI=1S/C27H30N2O5S/c1-2-33-24-12-14-26(15-13-24)34-25-10-8-23(9-11-25)28-27(30)22-16-18-29(19-17-22)35(31,32)20-21-6-4-3-5-7-21/h3-15,22H,2,16-20H2,1H3,(H,28,30). The van der Waals surface area contributed by atoms with E-state index in [9.17, 15) is 13.2 Å². The number of nitrogens with one attached hydrogen (secondary N) is 1. The summed E-state index contributed by atoms with van der Waals surface area (Å²) in [6.07, 6.45) is 0.998.